The second kappa shape index (κ2) is 6.16. The van der Waals surface area contributed by atoms with Gasteiger partial charge in [0.05, 0.1) is 0 Å². The van der Waals surface area contributed by atoms with Crippen molar-refractivity contribution >= 4 is 44.8 Å². The van der Waals surface area contributed by atoms with Gasteiger partial charge in [-0.05, 0) is 67.4 Å². The second-order valence-corrected chi connectivity index (χ2v) is 10.2. The fourth-order valence-corrected chi connectivity index (χ4v) is 7.23. The molecular weight excluding hydrogens is 440 g/mol. The van der Waals surface area contributed by atoms with Crippen molar-refractivity contribution in [3.63, 3.8) is 0 Å². The van der Waals surface area contributed by atoms with E-state index in [9.17, 15) is 9.59 Å². The predicted molar refractivity (Wildman–Crippen MR) is 143 cm³/mol. The smallest absolute Gasteiger partial charge is 0.194 e. The van der Waals surface area contributed by atoms with Crippen LogP contribution in [0.3, 0.4) is 0 Å². The van der Waals surface area contributed by atoms with E-state index < -0.39 is 0 Å². The van der Waals surface area contributed by atoms with Crippen LogP contribution in [0.2, 0.25) is 0 Å². The van der Waals surface area contributed by atoms with Gasteiger partial charge in [0.1, 0.15) is 0 Å². The Kier molecular flexibility index (Phi) is 3.21. The highest BCUT2D eigenvalue weighted by molar-refractivity contribution is 6.27. The standard InChI is InChI=1S/C34H18O2/c35-33-25-7-3-1-5-17(25)19-9-11-21-22-12-10-20-18-6-2-4-8-26(18)34(36)28-16-14-24(30(22)32(20)28)23-13-15-27(33)31(19)29(21)23/h1-11,13-16,19H,12H2/t19-/m1/s1. The zero-order valence-corrected chi connectivity index (χ0v) is 19.3. The number of allylic oxidation sites excluding steroid dienone is 2. The van der Waals surface area contributed by atoms with E-state index in [-0.39, 0.29) is 17.5 Å². The SMILES string of the molecule is O=C1c2ccccc2C2=CCc3c4c5c6c(ccc5c5ccc1c2c35)C(=O)c1ccccc1[C@H]6C=C4. The molecule has 0 saturated carbocycles. The first-order valence-corrected chi connectivity index (χ1v) is 12.5. The van der Waals surface area contributed by atoms with Gasteiger partial charge in [-0.2, -0.15) is 0 Å². The molecule has 36 heavy (non-hydrogen) atoms. The molecule has 0 heterocycles. The van der Waals surface area contributed by atoms with Crippen LogP contribution in [0.5, 0.6) is 0 Å². The average molecular weight is 459 g/mol. The summed E-state index contributed by atoms with van der Waals surface area (Å²) in [6, 6.07) is 24.3. The number of hydrogen-bond acceptors (Lipinski definition) is 2. The van der Waals surface area contributed by atoms with Gasteiger partial charge in [-0.3, -0.25) is 9.59 Å². The lowest BCUT2D eigenvalue weighted by Gasteiger charge is -2.33. The molecule has 0 radical (unpaired) electrons. The zero-order chi connectivity index (χ0) is 23.7. The fourth-order valence-electron chi connectivity index (χ4n) is 7.23. The first kappa shape index (κ1) is 18.7. The molecule has 2 heteroatoms. The van der Waals surface area contributed by atoms with E-state index in [0.717, 1.165) is 50.9 Å². The van der Waals surface area contributed by atoms with Crippen molar-refractivity contribution in [3.05, 3.63) is 141 Å². The molecule has 9 rings (SSSR count). The molecular formula is C34H18O2. The van der Waals surface area contributed by atoms with Gasteiger partial charge in [-0.1, -0.05) is 85.0 Å². The van der Waals surface area contributed by atoms with E-state index in [1.165, 1.54) is 38.2 Å². The molecule has 1 atom stereocenters. The maximum absolute atomic E-state index is 13.5. The monoisotopic (exact) mass is 458 g/mol. The number of rotatable bonds is 0. The molecule has 0 aliphatic heterocycles. The highest BCUT2D eigenvalue weighted by atomic mass is 16.1. The molecule has 0 saturated heterocycles. The van der Waals surface area contributed by atoms with Gasteiger partial charge in [0.25, 0.3) is 0 Å². The summed E-state index contributed by atoms with van der Waals surface area (Å²) >= 11 is 0. The third-order valence-electron chi connectivity index (χ3n) is 8.67. The largest absolute Gasteiger partial charge is 0.289 e. The van der Waals surface area contributed by atoms with Gasteiger partial charge in [0, 0.05) is 33.7 Å². The molecule has 5 aromatic rings. The van der Waals surface area contributed by atoms with Gasteiger partial charge in [-0.15, -0.1) is 0 Å². The predicted octanol–water partition coefficient (Wildman–Crippen LogP) is 7.23. The normalized spacial score (nSPS) is 17.8. The van der Waals surface area contributed by atoms with E-state index in [1.807, 2.05) is 48.5 Å². The molecule has 0 aromatic heterocycles. The maximum Gasteiger partial charge on any atom is 0.194 e. The fraction of sp³-hybridized carbons (Fsp3) is 0.0588. The Morgan fingerprint density at radius 1 is 0.639 bits per heavy atom. The van der Waals surface area contributed by atoms with Gasteiger partial charge in [0.2, 0.25) is 0 Å². The van der Waals surface area contributed by atoms with Crippen molar-refractivity contribution in [1.82, 2.24) is 0 Å². The topological polar surface area (TPSA) is 34.1 Å². The molecule has 0 amide bonds. The quantitative estimate of drug-likeness (QED) is 0.225. The molecule has 0 N–H and O–H groups in total. The lowest BCUT2D eigenvalue weighted by Crippen LogP contribution is -2.21. The van der Waals surface area contributed by atoms with Gasteiger partial charge >= 0.3 is 0 Å². The van der Waals surface area contributed by atoms with Crippen molar-refractivity contribution in [3.8, 4) is 0 Å². The van der Waals surface area contributed by atoms with Crippen LogP contribution in [0, 0.1) is 0 Å². The highest BCUT2D eigenvalue weighted by Gasteiger charge is 2.36. The van der Waals surface area contributed by atoms with Crippen LogP contribution in [0.25, 0.3) is 33.2 Å². The summed E-state index contributed by atoms with van der Waals surface area (Å²) in [4.78, 5) is 27.1. The Balaban J connectivity index is 1.44. The van der Waals surface area contributed by atoms with Crippen molar-refractivity contribution in [2.24, 2.45) is 0 Å². The zero-order valence-electron chi connectivity index (χ0n) is 19.3. The van der Waals surface area contributed by atoms with E-state index in [0.29, 0.717) is 0 Å². The highest BCUT2D eigenvalue weighted by Crippen LogP contribution is 2.52. The molecule has 0 fully saturated rings. The Morgan fingerprint density at radius 2 is 1.33 bits per heavy atom. The molecule has 5 aromatic carbocycles. The maximum atomic E-state index is 13.5. The summed E-state index contributed by atoms with van der Waals surface area (Å²) in [5.41, 5.74) is 11.2. The first-order chi connectivity index (χ1) is 17.7. The Labute approximate surface area is 207 Å². The summed E-state index contributed by atoms with van der Waals surface area (Å²) < 4.78 is 0. The minimum atomic E-state index is 0.0792. The second-order valence-electron chi connectivity index (χ2n) is 10.2. The van der Waals surface area contributed by atoms with Crippen LogP contribution in [-0.4, -0.2) is 11.6 Å². The number of hydrogen-bond donors (Lipinski definition) is 0. The summed E-state index contributed by atoms with van der Waals surface area (Å²) in [5, 5.41) is 4.73. The third-order valence-corrected chi connectivity index (χ3v) is 8.67. The summed E-state index contributed by atoms with van der Waals surface area (Å²) in [5.74, 6) is 0.295. The lowest BCUT2D eigenvalue weighted by atomic mass is 9.69. The number of carbonyl (C=O) groups excluding carboxylic acids is 2. The lowest BCUT2D eigenvalue weighted by molar-refractivity contribution is 0.102. The van der Waals surface area contributed by atoms with E-state index in [2.05, 4.69) is 42.5 Å². The summed E-state index contributed by atoms with van der Waals surface area (Å²) in [7, 11) is 0. The molecule has 0 spiro atoms. The number of benzene rings is 5. The molecule has 2 nitrogen and oxygen atoms in total. The van der Waals surface area contributed by atoms with E-state index in [1.54, 1.807) is 0 Å². The van der Waals surface area contributed by atoms with Crippen LogP contribution in [0.4, 0.5) is 0 Å². The van der Waals surface area contributed by atoms with Crippen LogP contribution in [-0.2, 0) is 6.42 Å². The van der Waals surface area contributed by atoms with Crippen LogP contribution < -0.4 is 0 Å². The van der Waals surface area contributed by atoms with Crippen LogP contribution in [0.15, 0.2) is 84.9 Å². The van der Waals surface area contributed by atoms with E-state index >= 15 is 0 Å². The first-order valence-electron chi connectivity index (χ1n) is 12.5. The minimum Gasteiger partial charge on any atom is -0.289 e. The van der Waals surface area contributed by atoms with Gasteiger partial charge in [0.15, 0.2) is 11.6 Å². The molecule has 0 bridgehead atoms. The van der Waals surface area contributed by atoms with E-state index in [4.69, 9.17) is 0 Å². The Bertz CT molecular complexity index is 2000. The number of ketones is 2. The summed E-state index contributed by atoms with van der Waals surface area (Å²) in [6.07, 6.45) is 7.63. The van der Waals surface area contributed by atoms with Crippen molar-refractivity contribution in [2.45, 2.75) is 12.3 Å². The Hall–Kier alpha value is -4.56. The van der Waals surface area contributed by atoms with Crippen molar-refractivity contribution in [2.75, 3.05) is 0 Å². The molecule has 4 aliphatic carbocycles. The van der Waals surface area contributed by atoms with Gasteiger partial charge in [-0.25, -0.2) is 0 Å². The number of fused-ring (bicyclic) bond motifs is 6. The molecule has 4 aliphatic rings. The average Bonchev–Trinajstić information content (AvgIpc) is 2.94. The molecule has 0 unspecified atom stereocenters. The minimum absolute atomic E-state index is 0.0792. The van der Waals surface area contributed by atoms with Crippen molar-refractivity contribution in [1.29, 1.82) is 0 Å². The number of carbonyl (C=O) groups is 2. The van der Waals surface area contributed by atoms with Crippen LogP contribution >= 0.6 is 0 Å². The summed E-state index contributed by atoms with van der Waals surface area (Å²) in [6.45, 7) is 0. The molecule has 166 valence electrons. The van der Waals surface area contributed by atoms with Gasteiger partial charge < -0.3 is 0 Å². The van der Waals surface area contributed by atoms with Crippen LogP contribution in [0.1, 0.15) is 71.1 Å². The third kappa shape index (κ3) is 1.99. The van der Waals surface area contributed by atoms with Crippen molar-refractivity contribution < 1.29 is 9.59 Å². The Morgan fingerprint density at radius 3 is 2.19 bits per heavy atom.